The number of hydrogen-bond donors (Lipinski definition) is 1. The van der Waals surface area contributed by atoms with Crippen molar-refractivity contribution in [1.82, 2.24) is 5.32 Å². The SMILES string of the molecule is CCCNC(CSC(C)C)C1=CCCCO1. The molecule has 16 heavy (non-hydrogen) atoms. The van der Waals surface area contributed by atoms with Crippen LogP contribution in [0.25, 0.3) is 0 Å². The Hall–Kier alpha value is -0.150. The van der Waals surface area contributed by atoms with Gasteiger partial charge in [-0.2, -0.15) is 11.8 Å². The highest BCUT2D eigenvalue weighted by molar-refractivity contribution is 7.99. The van der Waals surface area contributed by atoms with Gasteiger partial charge in [-0.05, 0) is 37.1 Å². The lowest BCUT2D eigenvalue weighted by Crippen LogP contribution is -2.36. The summed E-state index contributed by atoms with van der Waals surface area (Å²) in [6, 6.07) is 0.410. The zero-order valence-electron chi connectivity index (χ0n) is 10.8. The first-order valence-corrected chi connectivity index (χ1v) is 7.46. The van der Waals surface area contributed by atoms with Crippen molar-refractivity contribution in [3.05, 3.63) is 11.8 Å². The van der Waals surface area contributed by atoms with Gasteiger partial charge >= 0.3 is 0 Å². The van der Waals surface area contributed by atoms with E-state index >= 15 is 0 Å². The molecule has 0 bridgehead atoms. The summed E-state index contributed by atoms with van der Waals surface area (Å²) in [6.07, 6.45) is 5.78. The molecule has 0 aromatic rings. The average Bonchev–Trinajstić information content (AvgIpc) is 2.30. The van der Waals surface area contributed by atoms with E-state index in [1.54, 1.807) is 0 Å². The second kappa shape index (κ2) is 8.02. The van der Waals surface area contributed by atoms with E-state index in [-0.39, 0.29) is 0 Å². The molecule has 0 saturated heterocycles. The molecule has 1 rings (SSSR count). The first-order valence-electron chi connectivity index (χ1n) is 6.42. The molecule has 0 aromatic carbocycles. The second-order valence-corrected chi connectivity index (χ2v) is 6.10. The highest BCUT2D eigenvalue weighted by Gasteiger charge is 2.17. The lowest BCUT2D eigenvalue weighted by molar-refractivity contribution is 0.171. The molecule has 0 spiro atoms. The van der Waals surface area contributed by atoms with Crippen LogP contribution in [0.3, 0.4) is 0 Å². The Labute approximate surface area is 104 Å². The Morgan fingerprint density at radius 2 is 2.31 bits per heavy atom. The molecule has 94 valence electrons. The summed E-state index contributed by atoms with van der Waals surface area (Å²) in [6.45, 7) is 8.66. The van der Waals surface area contributed by atoms with Crippen LogP contribution in [-0.2, 0) is 4.74 Å². The van der Waals surface area contributed by atoms with Crippen LogP contribution in [-0.4, -0.2) is 30.2 Å². The molecule has 0 radical (unpaired) electrons. The van der Waals surface area contributed by atoms with Crippen LogP contribution >= 0.6 is 11.8 Å². The van der Waals surface area contributed by atoms with Crippen molar-refractivity contribution in [1.29, 1.82) is 0 Å². The minimum Gasteiger partial charge on any atom is -0.497 e. The second-order valence-electron chi connectivity index (χ2n) is 4.49. The number of ether oxygens (including phenoxy) is 1. The molecule has 1 aliphatic heterocycles. The van der Waals surface area contributed by atoms with E-state index in [1.807, 2.05) is 11.8 Å². The predicted octanol–water partition coefficient (Wildman–Crippen LogP) is 3.19. The van der Waals surface area contributed by atoms with E-state index in [1.165, 1.54) is 25.0 Å². The maximum Gasteiger partial charge on any atom is 0.110 e. The van der Waals surface area contributed by atoms with Crippen molar-refractivity contribution in [2.75, 3.05) is 18.9 Å². The molecule has 0 saturated carbocycles. The van der Waals surface area contributed by atoms with Crippen molar-refractivity contribution in [2.45, 2.75) is 51.3 Å². The maximum absolute atomic E-state index is 5.75. The van der Waals surface area contributed by atoms with Gasteiger partial charge in [-0.15, -0.1) is 0 Å². The van der Waals surface area contributed by atoms with Gasteiger partial charge in [0.25, 0.3) is 0 Å². The van der Waals surface area contributed by atoms with E-state index in [4.69, 9.17) is 4.74 Å². The molecule has 1 heterocycles. The molecule has 0 amide bonds. The Morgan fingerprint density at radius 1 is 1.50 bits per heavy atom. The summed E-state index contributed by atoms with van der Waals surface area (Å²) in [5, 5.41) is 4.27. The monoisotopic (exact) mass is 243 g/mol. The van der Waals surface area contributed by atoms with Crippen LogP contribution in [0, 0.1) is 0 Å². The fourth-order valence-electron chi connectivity index (χ4n) is 1.67. The summed E-state index contributed by atoms with van der Waals surface area (Å²) in [5.74, 6) is 2.29. The van der Waals surface area contributed by atoms with Gasteiger partial charge in [0.15, 0.2) is 0 Å². The number of allylic oxidation sites excluding steroid dienone is 1. The van der Waals surface area contributed by atoms with Crippen molar-refractivity contribution in [3.63, 3.8) is 0 Å². The minimum atomic E-state index is 0.410. The van der Waals surface area contributed by atoms with E-state index < -0.39 is 0 Å². The van der Waals surface area contributed by atoms with Crippen molar-refractivity contribution < 1.29 is 4.74 Å². The van der Waals surface area contributed by atoms with Gasteiger partial charge in [-0.25, -0.2) is 0 Å². The normalized spacial score (nSPS) is 18.1. The first kappa shape index (κ1) is 13.9. The summed E-state index contributed by atoms with van der Waals surface area (Å²) in [5.41, 5.74) is 0. The lowest BCUT2D eigenvalue weighted by atomic mass is 10.1. The van der Waals surface area contributed by atoms with E-state index in [9.17, 15) is 0 Å². The largest absolute Gasteiger partial charge is 0.497 e. The van der Waals surface area contributed by atoms with Crippen LogP contribution < -0.4 is 5.32 Å². The Morgan fingerprint density at radius 3 is 2.88 bits per heavy atom. The number of hydrogen-bond acceptors (Lipinski definition) is 3. The van der Waals surface area contributed by atoms with Crippen LogP contribution in [0.4, 0.5) is 0 Å². The third kappa shape index (κ3) is 5.26. The van der Waals surface area contributed by atoms with Crippen LogP contribution in [0.5, 0.6) is 0 Å². The molecular formula is C13H25NOS. The molecule has 1 atom stereocenters. The predicted molar refractivity (Wildman–Crippen MR) is 72.9 cm³/mol. The number of rotatable bonds is 7. The quantitative estimate of drug-likeness (QED) is 0.742. The van der Waals surface area contributed by atoms with Gasteiger partial charge in [-0.3, -0.25) is 0 Å². The van der Waals surface area contributed by atoms with Gasteiger partial charge in [0.1, 0.15) is 5.76 Å². The zero-order chi connectivity index (χ0) is 11.8. The van der Waals surface area contributed by atoms with Crippen molar-refractivity contribution in [3.8, 4) is 0 Å². The Kier molecular flexibility index (Phi) is 6.97. The molecule has 1 unspecified atom stereocenters. The molecule has 0 aromatic heterocycles. The Bertz CT molecular complexity index is 216. The molecule has 1 aliphatic rings. The minimum absolute atomic E-state index is 0.410. The lowest BCUT2D eigenvalue weighted by Gasteiger charge is -2.25. The molecule has 2 nitrogen and oxygen atoms in total. The fourth-order valence-corrected chi connectivity index (χ4v) is 2.53. The van der Waals surface area contributed by atoms with Crippen LogP contribution in [0.1, 0.15) is 40.0 Å². The summed E-state index contributed by atoms with van der Waals surface area (Å²) >= 11 is 2.00. The van der Waals surface area contributed by atoms with Crippen LogP contribution in [0.2, 0.25) is 0 Å². The van der Waals surface area contributed by atoms with Gasteiger partial charge < -0.3 is 10.1 Å². The van der Waals surface area contributed by atoms with Crippen LogP contribution in [0.15, 0.2) is 11.8 Å². The molecule has 3 heteroatoms. The first-order chi connectivity index (χ1) is 7.74. The molecule has 0 fully saturated rings. The standard InChI is InChI=1S/C13H25NOS/c1-4-8-14-12(10-16-11(2)3)13-7-5-6-9-15-13/h7,11-12,14H,4-6,8-10H2,1-3H3. The topological polar surface area (TPSA) is 21.3 Å². The summed E-state index contributed by atoms with van der Waals surface area (Å²) < 4.78 is 5.75. The molecule has 0 aliphatic carbocycles. The van der Waals surface area contributed by atoms with Crippen molar-refractivity contribution in [2.24, 2.45) is 0 Å². The molecule has 1 N–H and O–H groups in total. The third-order valence-corrected chi connectivity index (χ3v) is 3.74. The van der Waals surface area contributed by atoms with Gasteiger partial charge in [0.05, 0.1) is 12.6 Å². The fraction of sp³-hybridized carbons (Fsp3) is 0.846. The average molecular weight is 243 g/mol. The third-order valence-electron chi connectivity index (χ3n) is 2.54. The highest BCUT2D eigenvalue weighted by Crippen LogP contribution is 2.19. The number of thioether (sulfide) groups is 1. The van der Waals surface area contributed by atoms with Gasteiger partial charge in [0.2, 0.25) is 0 Å². The smallest absolute Gasteiger partial charge is 0.110 e. The van der Waals surface area contributed by atoms with Gasteiger partial charge in [-0.1, -0.05) is 20.8 Å². The van der Waals surface area contributed by atoms with E-state index in [0.717, 1.165) is 18.9 Å². The summed E-state index contributed by atoms with van der Waals surface area (Å²) in [4.78, 5) is 0. The highest BCUT2D eigenvalue weighted by atomic mass is 32.2. The van der Waals surface area contributed by atoms with E-state index in [2.05, 4.69) is 32.2 Å². The maximum atomic E-state index is 5.75. The molecular weight excluding hydrogens is 218 g/mol. The zero-order valence-corrected chi connectivity index (χ0v) is 11.6. The Balaban J connectivity index is 2.44. The van der Waals surface area contributed by atoms with E-state index in [0.29, 0.717) is 11.3 Å². The number of nitrogens with one attached hydrogen (secondary N) is 1. The van der Waals surface area contributed by atoms with Gasteiger partial charge in [0, 0.05) is 5.75 Å². The summed E-state index contributed by atoms with van der Waals surface area (Å²) in [7, 11) is 0. The van der Waals surface area contributed by atoms with Crippen molar-refractivity contribution >= 4 is 11.8 Å².